The van der Waals surface area contributed by atoms with Gasteiger partial charge < -0.3 is 10.2 Å². The number of hydrogen-bond donors (Lipinski definition) is 1. The van der Waals surface area contributed by atoms with E-state index in [1.807, 2.05) is 7.05 Å². The van der Waals surface area contributed by atoms with Crippen LogP contribution in [0.25, 0.3) is 0 Å². The lowest BCUT2D eigenvalue weighted by atomic mass is 9.79. The van der Waals surface area contributed by atoms with Gasteiger partial charge in [-0.25, -0.2) is 0 Å². The van der Waals surface area contributed by atoms with Gasteiger partial charge in [-0.05, 0) is 46.8 Å². The van der Waals surface area contributed by atoms with Crippen molar-refractivity contribution in [3.63, 3.8) is 0 Å². The van der Waals surface area contributed by atoms with Gasteiger partial charge in [0.25, 0.3) is 0 Å². The molecule has 0 spiro atoms. The SMILES string of the molecule is CNC1(C#N)CCCC(N2CCN(CCN(C)C)CC2)C1. The molecule has 5 heteroatoms. The molecule has 2 aliphatic rings. The van der Waals surface area contributed by atoms with Crippen molar-refractivity contribution in [3.8, 4) is 6.07 Å². The van der Waals surface area contributed by atoms with Crippen LogP contribution < -0.4 is 5.32 Å². The molecule has 120 valence electrons. The zero-order valence-corrected chi connectivity index (χ0v) is 13.9. The van der Waals surface area contributed by atoms with Crippen LogP contribution >= 0.6 is 0 Å². The summed E-state index contributed by atoms with van der Waals surface area (Å²) in [4.78, 5) is 7.44. The van der Waals surface area contributed by atoms with Gasteiger partial charge in [-0.2, -0.15) is 5.26 Å². The normalized spacial score (nSPS) is 32.2. The first kappa shape index (κ1) is 16.7. The van der Waals surface area contributed by atoms with Crippen molar-refractivity contribution in [2.75, 3.05) is 60.4 Å². The van der Waals surface area contributed by atoms with E-state index in [0.29, 0.717) is 6.04 Å². The minimum absolute atomic E-state index is 0.287. The highest BCUT2D eigenvalue weighted by molar-refractivity contribution is 5.10. The quantitative estimate of drug-likeness (QED) is 0.804. The molecule has 0 amide bonds. The van der Waals surface area contributed by atoms with Crippen LogP contribution in [0.1, 0.15) is 25.7 Å². The second-order valence-electron chi connectivity index (χ2n) is 6.87. The van der Waals surface area contributed by atoms with Gasteiger partial charge in [-0.1, -0.05) is 0 Å². The molecule has 0 radical (unpaired) electrons. The molecule has 2 unspecified atom stereocenters. The molecular weight excluding hydrogens is 262 g/mol. The van der Waals surface area contributed by atoms with Crippen LogP contribution in [0.4, 0.5) is 0 Å². The fraction of sp³-hybridized carbons (Fsp3) is 0.938. The fourth-order valence-corrected chi connectivity index (χ4v) is 3.64. The molecule has 1 aliphatic carbocycles. The van der Waals surface area contributed by atoms with Gasteiger partial charge in [0.15, 0.2) is 0 Å². The summed E-state index contributed by atoms with van der Waals surface area (Å²) >= 11 is 0. The molecule has 1 aliphatic heterocycles. The van der Waals surface area contributed by atoms with Gasteiger partial charge in [0, 0.05) is 45.3 Å². The van der Waals surface area contributed by atoms with Crippen molar-refractivity contribution < 1.29 is 0 Å². The van der Waals surface area contributed by atoms with Crippen molar-refractivity contribution in [2.24, 2.45) is 0 Å². The van der Waals surface area contributed by atoms with Crippen molar-refractivity contribution in [2.45, 2.75) is 37.3 Å². The summed E-state index contributed by atoms with van der Waals surface area (Å²) in [7, 11) is 6.21. The summed E-state index contributed by atoms with van der Waals surface area (Å²) in [6.45, 7) is 6.96. The van der Waals surface area contributed by atoms with Crippen LogP contribution in [-0.4, -0.2) is 86.7 Å². The van der Waals surface area contributed by atoms with Gasteiger partial charge in [-0.15, -0.1) is 0 Å². The molecule has 1 N–H and O–H groups in total. The Morgan fingerprint density at radius 1 is 1.29 bits per heavy atom. The Morgan fingerprint density at radius 3 is 2.57 bits per heavy atom. The number of nitrogens with one attached hydrogen (secondary N) is 1. The van der Waals surface area contributed by atoms with Gasteiger partial charge in [-0.3, -0.25) is 9.80 Å². The standard InChI is InChI=1S/C16H31N5/c1-18-16(14-17)6-4-5-15(13-16)21-11-9-20(10-12-21)8-7-19(2)3/h15,18H,4-13H2,1-3H3. The smallest absolute Gasteiger partial charge is 0.108 e. The van der Waals surface area contributed by atoms with Crippen molar-refractivity contribution in [1.29, 1.82) is 5.26 Å². The van der Waals surface area contributed by atoms with Crippen LogP contribution in [0.2, 0.25) is 0 Å². The van der Waals surface area contributed by atoms with E-state index < -0.39 is 0 Å². The van der Waals surface area contributed by atoms with E-state index in [2.05, 4.69) is 40.2 Å². The lowest BCUT2D eigenvalue weighted by molar-refractivity contribution is 0.0616. The topological polar surface area (TPSA) is 45.5 Å². The predicted molar refractivity (Wildman–Crippen MR) is 86.2 cm³/mol. The summed E-state index contributed by atoms with van der Waals surface area (Å²) in [5.41, 5.74) is -0.287. The molecule has 0 aromatic rings. The van der Waals surface area contributed by atoms with E-state index in [4.69, 9.17) is 0 Å². The number of nitrogens with zero attached hydrogens (tertiary/aromatic N) is 4. The number of likely N-dealkylation sites (N-methyl/N-ethyl adjacent to an activating group) is 1. The van der Waals surface area contributed by atoms with Crippen LogP contribution in [0.15, 0.2) is 0 Å². The summed E-state index contributed by atoms with van der Waals surface area (Å²) in [6.07, 6.45) is 4.40. The maximum atomic E-state index is 9.48. The van der Waals surface area contributed by atoms with Crippen LogP contribution in [0.3, 0.4) is 0 Å². The maximum Gasteiger partial charge on any atom is 0.108 e. The molecular formula is C16H31N5. The van der Waals surface area contributed by atoms with Crippen molar-refractivity contribution >= 4 is 0 Å². The average molecular weight is 293 g/mol. The molecule has 5 nitrogen and oxygen atoms in total. The average Bonchev–Trinajstić information content (AvgIpc) is 2.53. The van der Waals surface area contributed by atoms with Crippen LogP contribution in [0.5, 0.6) is 0 Å². The molecule has 21 heavy (non-hydrogen) atoms. The van der Waals surface area contributed by atoms with Gasteiger partial charge in [0.2, 0.25) is 0 Å². The van der Waals surface area contributed by atoms with Gasteiger partial charge in [0.05, 0.1) is 6.07 Å². The van der Waals surface area contributed by atoms with Gasteiger partial charge >= 0.3 is 0 Å². The highest BCUT2D eigenvalue weighted by atomic mass is 15.3. The molecule has 1 saturated carbocycles. The first-order chi connectivity index (χ1) is 10.1. The highest BCUT2D eigenvalue weighted by Gasteiger charge is 2.38. The van der Waals surface area contributed by atoms with Crippen LogP contribution in [0, 0.1) is 11.3 Å². The Labute approximate surface area is 129 Å². The Bertz CT molecular complexity index is 356. The Balaban J connectivity index is 1.81. The van der Waals surface area contributed by atoms with E-state index >= 15 is 0 Å². The Morgan fingerprint density at radius 2 is 2.00 bits per heavy atom. The molecule has 2 atom stereocenters. The second-order valence-corrected chi connectivity index (χ2v) is 6.87. The first-order valence-corrected chi connectivity index (χ1v) is 8.30. The third-order valence-corrected chi connectivity index (χ3v) is 5.20. The largest absolute Gasteiger partial charge is 0.308 e. The maximum absolute atomic E-state index is 9.48. The zero-order chi connectivity index (χ0) is 15.3. The molecule has 1 heterocycles. The lowest BCUT2D eigenvalue weighted by Gasteiger charge is -2.44. The van der Waals surface area contributed by atoms with E-state index in [1.165, 1.54) is 32.5 Å². The van der Waals surface area contributed by atoms with Crippen LogP contribution in [-0.2, 0) is 0 Å². The first-order valence-electron chi connectivity index (χ1n) is 8.30. The van der Waals surface area contributed by atoms with E-state index in [1.54, 1.807) is 0 Å². The number of piperazine rings is 1. The molecule has 0 bridgehead atoms. The third-order valence-electron chi connectivity index (χ3n) is 5.20. The predicted octanol–water partition coefficient (Wildman–Crippen LogP) is 0.590. The minimum Gasteiger partial charge on any atom is -0.308 e. The molecule has 0 aromatic heterocycles. The molecule has 2 fully saturated rings. The molecule has 2 rings (SSSR count). The van der Waals surface area contributed by atoms with E-state index in [-0.39, 0.29) is 5.54 Å². The number of rotatable bonds is 5. The number of nitriles is 1. The second kappa shape index (κ2) is 7.55. The monoisotopic (exact) mass is 293 g/mol. The molecule has 1 saturated heterocycles. The summed E-state index contributed by atoms with van der Waals surface area (Å²) in [6, 6.07) is 3.11. The fourth-order valence-electron chi connectivity index (χ4n) is 3.64. The molecule has 0 aromatic carbocycles. The third kappa shape index (κ3) is 4.40. The lowest BCUT2D eigenvalue weighted by Crippen LogP contribution is -2.56. The van der Waals surface area contributed by atoms with Gasteiger partial charge in [0.1, 0.15) is 5.54 Å². The Hall–Kier alpha value is -0.670. The summed E-state index contributed by atoms with van der Waals surface area (Å²) in [5, 5.41) is 12.8. The summed E-state index contributed by atoms with van der Waals surface area (Å²) < 4.78 is 0. The van der Waals surface area contributed by atoms with Crippen molar-refractivity contribution in [3.05, 3.63) is 0 Å². The zero-order valence-electron chi connectivity index (χ0n) is 13.9. The number of hydrogen-bond acceptors (Lipinski definition) is 5. The Kier molecular flexibility index (Phi) is 6.00. The minimum atomic E-state index is -0.287. The van der Waals surface area contributed by atoms with Crippen molar-refractivity contribution in [1.82, 2.24) is 20.0 Å². The highest BCUT2D eigenvalue weighted by Crippen LogP contribution is 2.31. The van der Waals surface area contributed by atoms with E-state index in [9.17, 15) is 5.26 Å². The van der Waals surface area contributed by atoms with E-state index in [0.717, 1.165) is 32.5 Å². The summed E-state index contributed by atoms with van der Waals surface area (Å²) in [5.74, 6) is 0.